The van der Waals surface area contributed by atoms with Crippen LogP contribution in [0.5, 0.6) is 5.75 Å². The van der Waals surface area contributed by atoms with Crippen molar-refractivity contribution in [3.05, 3.63) is 60.2 Å². The van der Waals surface area contributed by atoms with Crippen LogP contribution in [0.25, 0.3) is 11.4 Å². The van der Waals surface area contributed by atoms with Gasteiger partial charge in [-0.25, -0.2) is 0 Å². The molecule has 2 aromatic heterocycles. The fourth-order valence-electron chi connectivity index (χ4n) is 2.84. The van der Waals surface area contributed by atoms with Gasteiger partial charge in [0.05, 0.1) is 0 Å². The molecule has 1 fully saturated rings. The zero-order chi connectivity index (χ0) is 16.9. The lowest BCUT2D eigenvalue weighted by molar-refractivity contribution is 0.0778. The molecule has 0 aliphatic carbocycles. The number of aromatic nitrogens is 3. The van der Waals surface area contributed by atoms with Crippen LogP contribution >= 0.6 is 0 Å². The molecule has 1 aliphatic heterocycles. The Hall–Kier alpha value is -2.73. The first-order valence-electron chi connectivity index (χ1n) is 8.42. The Kier molecular flexibility index (Phi) is 4.70. The van der Waals surface area contributed by atoms with E-state index in [-0.39, 0.29) is 0 Å². The molecule has 6 nitrogen and oxygen atoms in total. The first-order valence-corrected chi connectivity index (χ1v) is 8.42. The molecular weight excluding hydrogens is 318 g/mol. The van der Waals surface area contributed by atoms with Gasteiger partial charge in [0, 0.05) is 42.7 Å². The van der Waals surface area contributed by atoms with Crippen LogP contribution in [0.2, 0.25) is 0 Å². The molecule has 1 aromatic carbocycles. The van der Waals surface area contributed by atoms with Gasteiger partial charge in [-0.1, -0.05) is 23.4 Å². The smallest absolute Gasteiger partial charge is 0.230 e. The van der Waals surface area contributed by atoms with Crippen molar-refractivity contribution in [3.63, 3.8) is 0 Å². The Morgan fingerprint density at radius 3 is 2.88 bits per heavy atom. The van der Waals surface area contributed by atoms with E-state index in [2.05, 4.69) is 15.1 Å². The van der Waals surface area contributed by atoms with E-state index in [1.54, 1.807) is 12.4 Å². The Labute approximate surface area is 145 Å². The molecule has 1 saturated heterocycles. The van der Waals surface area contributed by atoms with Gasteiger partial charge in [0.2, 0.25) is 11.7 Å². The van der Waals surface area contributed by atoms with Crippen molar-refractivity contribution in [2.45, 2.75) is 25.4 Å². The van der Waals surface area contributed by atoms with E-state index in [4.69, 9.17) is 14.0 Å². The summed E-state index contributed by atoms with van der Waals surface area (Å²) in [5, 5.41) is 4.13. The first kappa shape index (κ1) is 15.8. The molecule has 0 saturated carbocycles. The summed E-state index contributed by atoms with van der Waals surface area (Å²) in [5.41, 5.74) is 1.90. The largest absolute Gasteiger partial charge is 0.489 e. The summed E-state index contributed by atoms with van der Waals surface area (Å²) < 4.78 is 16.7. The minimum absolute atomic E-state index is 0.292. The third-order valence-corrected chi connectivity index (χ3v) is 4.23. The topological polar surface area (TPSA) is 70.3 Å². The maximum absolute atomic E-state index is 5.83. The van der Waals surface area contributed by atoms with Crippen LogP contribution in [0.3, 0.4) is 0 Å². The molecule has 0 spiro atoms. The number of hydrogen-bond acceptors (Lipinski definition) is 6. The van der Waals surface area contributed by atoms with E-state index in [9.17, 15) is 0 Å². The quantitative estimate of drug-likeness (QED) is 0.708. The van der Waals surface area contributed by atoms with Crippen molar-refractivity contribution in [3.8, 4) is 17.1 Å². The normalized spacial score (nSPS) is 15.2. The minimum atomic E-state index is 0.292. The summed E-state index contributed by atoms with van der Waals surface area (Å²) in [7, 11) is 0. The predicted molar refractivity (Wildman–Crippen MR) is 91.1 cm³/mol. The van der Waals surface area contributed by atoms with Gasteiger partial charge >= 0.3 is 0 Å². The molecule has 25 heavy (non-hydrogen) atoms. The van der Waals surface area contributed by atoms with E-state index in [0.29, 0.717) is 24.2 Å². The van der Waals surface area contributed by atoms with E-state index in [1.807, 2.05) is 36.4 Å². The highest BCUT2D eigenvalue weighted by molar-refractivity contribution is 5.56. The summed E-state index contributed by atoms with van der Waals surface area (Å²) >= 11 is 0. The maximum atomic E-state index is 5.83. The zero-order valence-electron chi connectivity index (χ0n) is 13.8. The number of ether oxygens (including phenoxy) is 2. The predicted octanol–water partition coefficient (Wildman–Crippen LogP) is 3.60. The van der Waals surface area contributed by atoms with Crippen LogP contribution in [0, 0.1) is 0 Å². The molecule has 0 radical (unpaired) electrons. The first-order chi connectivity index (χ1) is 12.4. The molecule has 0 unspecified atom stereocenters. The molecule has 0 atom stereocenters. The van der Waals surface area contributed by atoms with Gasteiger partial charge in [-0.3, -0.25) is 4.98 Å². The van der Waals surface area contributed by atoms with E-state index >= 15 is 0 Å². The Bertz CT molecular complexity index is 814. The summed E-state index contributed by atoms with van der Waals surface area (Å²) in [4.78, 5) is 8.65. The van der Waals surface area contributed by atoms with Gasteiger partial charge in [-0.05, 0) is 31.0 Å². The van der Waals surface area contributed by atoms with Crippen molar-refractivity contribution >= 4 is 0 Å². The lowest BCUT2D eigenvalue weighted by atomic mass is 10.0. The van der Waals surface area contributed by atoms with Crippen molar-refractivity contribution in [2.75, 3.05) is 13.2 Å². The highest BCUT2D eigenvalue weighted by atomic mass is 16.5. The maximum Gasteiger partial charge on any atom is 0.230 e. The Balaban J connectivity index is 1.46. The number of nitrogens with zero attached hydrogens (tertiary/aromatic N) is 3. The molecule has 1 aliphatic rings. The minimum Gasteiger partial charge on any atom is -0.489 e. The molecule has 0 amide bonds. The monoisotopic (exact) mass is 337 g/mol. The van der Waals surface area contributed by atoms with Crippen molar-refractivity contribution in [1.82, 2.24) is 15.1 Å². The number of benzene rings is 1. The molecule has 3 aromatic rings. The average molecular weight is 337 g/mol. The van der Waals surface area contributed by atoms with Crippen LogP contribution in [0.15, 0.2) is 53.3 Å². The summed E-state index contributed by atoms with van der Waals surface area (Å²) in [6.07, 6.45) is 5.39. The lowest BCUT2D eigenvalue weighted by Gasteiger charge is -2.17. The molecule has 3 heterocycles. The highest BCUT2D eigenvalue weighted by Gasteiger charge is 2.22. The average Bonchev–Trinajstić information content (AvgIpc) is 3.18. The van der Waals surface area contributed by atoms with Gasteiger partial charge in [0.25, 0.3) is 0 Å². The number of pyridine rings is 1. The van der Waals surface area contributed by atoms with Crippen LogP contribution in [-0.4, -0.2) is 28.3 Å². The van der Waals surface area contributed by atoms with Gasteiger partial charge in [-0.15, -0.1) is 0 Å². The summed E-state index contributed by atoms with van der Waals surface area (Å²) in [5.74, 6) is 2.34. The molecular formula is C19H19N3O3. The second-order valence-electron chi connectivity index (χ2n) is 6.02. The lowest BCUT2D eigenvalue weighted by Crippen LogP contribution is -2.14. The second-order valence-corrected chi connectivity index (χ2v) is 6.02. The van der Waals surface area contributed by atoms with Crippen LogP contribution in [0.1, 0.15) is 30.2 Å². The summed E-state index contributed by atoms with van der Waals surface area (Å²) in [6.45, 7) is 1.97. The molecule has 4 rings (SSSR count). The fraction of sp³-hybridized carbons (Fsp3) is 0.316. The van der Waals surface area contributed by atoms with Crippen LogP contribution < -0.4 is 4.74 Å². The van der Waals surface area contributed by atoms with Crippen molar-refractivity contribution in [1.29, 1.82) is 0 Å². The van der Waals surface area contributed by atoms with Gasteiger partial charge < -0.3 is 14.0 Å². The van der Waals surface area contributed by atoms with Crippen LogP contribution in [-0.2, 0) is 11.3 Å². The third kappa shape index (κ3) is 3.85. The van der Waals surface area contributed by atoms with Gasteiger partial charge in [0.1, 0.15) is 12.4 Å². The zero-order valence-corrected chi connectivity index (χ0v) is 13.8. The fourth-order valence-corrected chi connectivity index (χ4v) is 2.84. The van der Waals surface area contributed by atoms with Crippen LogP contribution in [0.4, 0.5) is 0 Å². The van der Waals surface area contributed by atoms with Gasteiger partial charge in [-0.2, -0.15) is 4.98 Å². The molecule has 0 bridgehead atoms. The van der Waals surface area contributed by atoms with E-state index in [0.717, 1.165) is 42.9 Å². The van der Waals surface area contributed by atoms with Crippen molar-refractivity contribution < 1.29 is 14.0 Å². The number of hydrogen-bond donors (Lipinski definition) is 0. The molecule has 6 heteroatoms. The van der Waals surface area contributed by atoms with Gasteiger partial charge in [0.15, 0.2) is 0 Å². The second kappa shape index (κ2) is 7.44. The SMILES string of the molecule is c1cncc(COc2cccc(-c3noc(C4CCOCC4)n3)c2)c1. The molecule has 0 N–H and O–H groups in total. The standard InChI is InChI=1S/C19H19N3O3/c1-4-16(11-17(5-1)24-13-14-3-2-8-20-12-14)18-21-19(25-22-18)15-6-9-23-10-7-15/h1-5,8,11-12,15H,6-7,9-10,13H2. The third-order valence-electron chi connectivity index (χ3n) is 4.23. The van der Waals surface area contributed by atoms with E-state index in [1.165, 1.54) is 0 Å². The highest BCUT2D eigenvalue weighted by Crippen LogP contribution is 2.28. The van der Waals surface area contributed by atoms with Crippen molar-refractivity contribution in [2.24, 2.45) is 0 Å². The Morgan fingerprint density at radius 1 is 1.12 bits per heavy atom. The number of rotatable bonds is 5. The van der Waals surface area contributed by atoms with E-state index < -0.39 is 0 Å². The molecule has 128 valence electrons. The summed E-state index contributed by atoms with van der Waals surface area (Å²) in [6, 6.07) is 11.6. The Morgan fingerprint density at radius 2 is 2.04 bits per heavy atom.